The Labute approximate surface area is 144 Å². The lowest BCUT2D eigenvalue weighted by atomic mass is 10.1. The molecule has 9 heteroatoms. The summed E-state index contributed by atoms with van der Waals surface area (Å²) >= 11 is 0. The van der Waals surface area contributed by atoms with E-state index >= 15 is 0 Å². The maximum absolute atomic E-state index is 12.1. The minimum absolute atomic E-state index is 0.235. The first kappa shape index (κ1) is 16.6. The molecule has 0 aliphatic rings. The Hall–Kier alpha value is -3.23. The summed E-state index contributed by atoms with van der Waals surface area (Å²) in [6.45, 7) is 4.34. The van der Waals surface area contributed by atoms with Crippen molar-refractivity contribution in [3.63, 3.8) is 0 Å². The molecule has 0 atom stereocenters. The molecule has 3 N–H and O–H groups in total. The van der Waals surface area contributed by atoms with E-state index in [9.17, 15) is 4.79 Å². The molecule has 25 heavy (non-hydrogen) atoms. The lowest BCUT2D eigenvalue weighted by Gasteiger charge is -2.05. The van der Waals surface area contributed by atoms with Crippen molar-refractivity contribution >= 4 is 11.8 Å². The molecule has 3 aromatic heterocycles. The smallest absolute Gasteiger partial charge is 0.320 e. The van der Waals surface area contributed by atoms with Gasteiger partial charge in [0.15, 0.2) is 5.82 Å². The van der Waals surface area contributed by atoms with Gasteiger partial charge in [0.25, 0.3) is 0 Å². The normalized spacial score (nSPS) is 10.9. The topological polar surface area (TPSA) is 113 Å². The third-order valence-electron chi connectivity index (χ3n) is 3.62. The summed E-state index contributed by atoms with van der Waals surface area (Å²) in [5.41, 5.74) is 1.79. The molecule has 0 bridgehead atoms. The summed E-state index contributed by atoms with van der Waals surface area (Å²) in [5.74, 6) is 2.06. The van der Waals surface area contributed by atoms with Gasteiger partial charge in [-0.1, -0.05) is 13.8 Å². The fourth-order valence-electron chi connectivity index (χ4n) is 2.22. The Balaban J connectivity index is 1.57. The van der Waals surface area contributed by atoms with E-state index in [0.29, 0.717) is 23.4 Å². The Morgan fingerprint density at radius 2 is 2.08 bits per heavy atom. The highest BCUT2D eigenvalue weighted by molar-refractivity contribution is 5.88. The first-order chi connectivity index (χ1) is 12.0. The molecule has 0 aliphatic carbocycles. The SMILES string of the molecule is CC(C)c1cc(NC(=O)NCc2nc(-c3ccncc3)n[nH]2)n(C)n1. The van der Waals surface area contributed by atoms with Gasteiger partial charge in [0.2, 0.25) is 0 Å². The van der Waals surface area contributed by atoms with Gasteiger partial charge in [-0.15, -0.1) is 0 Å². The molecule has 130 valence electrons. The zero-order valence-electron chi connectivity index (χ0n) is 14.3. The number of urea groups is 1. The van der Waals surface area contributed by atoms with Gasteiger partial charge in [0.05, 0.1) is 12.2 Å². The van der Waals surface area contributed by atoms with Crippen LogP contribution in [0.25, 0.3) is 11.4 Å². The molecule has 9 nitrogen and oxygen atoms in total. The first-order valence-corrected chi connectivity index (χ1v) is 7.93. The van der Waals surface area contributed by atoms with Crippen LogP contribution in [-0.4, -0.2) is 36.0 Å². The van der Waals surface area contributed by atoms with Crippen molar-refractivity contribution in [3.05, 3.63) is 42.1 Å². The van der Waals surface area contributed by atoms with E-state index in [-0.39, 0.29) is 12.6 Å². The minimum Gasteiger partial charge on any atom is -0.331 e. The monoisotopic (exact) mass is 340 g/mol. The molecule has 0 spiro atoms. The van der Waals surface area contributed by atoms with Crippen LogP contribution in [0.15, 0.2) is 30.6 Å². The Kier molecular flexibility index (Phi) is 4.73. The molecule has 3 aromatic rings. The quantitative estimate of drug-likeness (QED) is 0.658. The summed E-state index contributed by atoms with van der Waals surface area (Å²) in [6.07, 6.45) is 3.35. The minimum atomic E-state index is -0.333. The second-order valence-corrected chi connectivity index (χ2v) is 5.88. The Morgan fingerprint density at radius 3 is 2.76 bits per heavy atom. The number of carbonyl (C=O) groups excluding carboxylic acids is 1. The number of aromatic nitrogens is 6. The molecular weight excluding hydrogens is 320 g/mol. The third kappa shape index (κ3) is 4.00. The number of aryl methyl sites for hydroxylation is 1. The van der Waals surface area contributed by atoms with Gasteiger partial charge in [-0.05, 0) is 18.1 Å². The number of H-pyrrole nitrogens is 1. The number of nitrogens with zero attached hydrogens (tertiary/aromatic N) is 5. The summed E-state index contributed by atoms with van der Waals surface area (Å²) in [6, 6.07) is 5.17. The second kappa shape index (κ2) is 7.12. The Morgan fingerprint density at radius 1 is 1.32 bits per heavy atom. The van der Waals surface area contributed by atoms with Crippen LogP contribution in [0.5, 0.6) is 0 Å². The van der Waals surface area contributed by atoms with Gasteiger partial charge in [-0.25, -0.2) is 9.78 Å². The van der Waals surface area contributed by atoms with Crippen LogP contribution < -0.4 is 10.6 Å². The average molecular weight is 340 g/mol. The number of carbonyl (C=O) groups is 1. The lowest BCUT2D eigenvalue weighted by Crippen LogP contribution is -2.29. The molecule has 0 aromatic carbocycles. The summed E-state index contributed by atoms with van der Waals surface area (Å²) < 4.78 is 1.64. The number of hydrogen-bond acceptors (Lipinski definition) is 5. The maximum Gasteiger partial charge on any atom is 0.320 e. The van der Waals surface area contributed by atoms with Crippen LogP contribution >= 0.6 is 0 Å². The van der Waals surface area contributed by atoms with E-state index in [2.05, 4.69) is 49.7 Å². The van der Waals surface area contributed by atoms with E-state index in [1.807, 2.05) is 18.2 Å². The zero-order valence-corrected chi connectivity index (χ0v) is 14.3. The molecule has 0 unspecified atom stereocenters. The third-order valence-corrected chi connectivity index (χ3v) is 3.62. The number of pyridine rings is 1. The molecule has 0 saturated carbocycles. The van der Waals surface area contributed by atoms with Gasteiger partial charge in [0.1, 0.15) is 11.6 Å². The fourth-order valence-corrected chi connectivity index (χ4v) is 2.22. The summed E-state index contributed by atoms with van der Waals surface area (Å²) in [7, 11) is 1.79. The van der Waals surface area contributed by atoms with Crippen LogP contribution in [0.1, 0.15) is 31.3 Å². The molecule has 3 heterocycles. The molecule has 3 rings (SSSR count). The summed E-state index contributed by atoms with van der Waals surface area (Å²) in [4.78, 5) is 20.4. The van der Waals surface area contributed by atoms with Crippen LogP contribution in [-0.2, 0) is 13.6 Å². The molecule has 0 radical (unpaired) electrons. The number of hydrogen-bond donors (Lipinski definition) is 3. The molecule has 0 aliphatic heterocycles. The van der Waals surface area contributed by atoms with E-state index < -0.39 is 0 Å². The van der Waals surface area contributed by atoms with Crippen molar-refractivity contribution in [1.82, 2.24) is 35.3 Å². The van der Waals surface area contributed by atoms with Crippen molar-refractivity contribution < 1.29 is 4.79 Å². The fraction of sp³-hybridized carbons (Fsp3) is 0.312. The van der Waals surface area contributed by atoms with Crippen molar-refractivity contribution in [2.75, 3.05) is 5.32 Å². The predicted molar refractivity (Wildman–Crippen MR) is 92.8 cm³/mol. The largest absolute Gasteiger partial charge is 0.331 e. The van der Waals surface area contributed by atoms with Crippen LogP contribution in [0.3, 0.4) is 0 Å². The number of amides is 2. The highest BCUT2D eigenvalue weighted by Gasteiger charge is 2.11. The number of anilines is 1. The molecule has 2 amide bonds. The van der Waals surface area contributed by atoms with Crippen LogP contribution in [0, 0.1) is 0 Å². The van der Waals surface area contributed by atoms with E-state index in [1.165, 1.54) is 0 Å². The molecular formula is C16H20N8O. The highest BCUT2D eigenvalue weighted by atomic mass is 16.2. The van der Waals surface area contributed by atoms with Crippen molar-refractivity contribution in [2.45, 2.75) is 26.3 Å². The first-order valence-electron chi connectivity index (χ1n) is 7.93. The molecule has 0 fully saturated rings. The average Bonchev–Trinajstić information content (AvgIpc) is 3.21. The van der Waals surface area contributed by atoms with Crippen LogP contribution in [0.4, 0.5) is 10.6 Å². The Bertz CT molecular complexity index is 852. The number of rotatable bonds is 5. The van der Waals surface area contributed by atoms with Gasteiger partial charge in [-0.3, -0.25) is 20.1 Å². The van der Waals surface area contributed by atoms with Gasteiger partial charge >= 0.3 is 6.03 Å². The lowest BCUT2D eigenvalue weighted by molar-refractivity contribution is 0.251. The summed E-state index contributed by atoms with van der Waals surface area (Å²) in [5, 5.41) is 16.8. The van der Waals surface area contributed by atoms with Gasteiger partial charge in [-0.2, -0.15) is 10.2 Å². The molecule has 0 saturated heterocycles. The maximum atomic E-state index is 12.1. The standard InChI is InChI=1S/C16H20N8O/c1-10(2)12-8-14(24(3)23-12)20-16(25)18-9-13-19-15(22-21-13)11-4-6-17-7-5-11/h4-8,10H,9H2,1-3H3,(H2,18,20,25)(H,19,21,22). The number of nitrogens with one attached hydrogen (secondary N) is 3. The van der Waals surface area contributed by atoms with Gasteiger partial charge in [0, 0.05) is 31.1 Å². The predicted octanol–water partition coefficient (Wildman–Crippen LogP) is 2.05. The highest BCUT2D eigenvalue weighted by Crippen LogP contribution is 2.17. The van der Waals surface area contributed by atoms with E-state index in [0.717, 1.165) is 11.3 Å². The zero-order chi connectivity index (χ0) is 17.8. The van der Waals surface area contributed by atoms with Crippen molar-refractivity contribution in [3.8, 4) is 11.4 Å². The van der Waals surface area contributed by atoms with Crippen molar-refractivity contribution in [2.24, 2.45) is 7.05 Å². The second-order valence-electron chi connectivity index (χ2n) is 5.88. The van der Waals surface area contributed by atoms with Crippen LogP contribution in [0.2, 0.25) is 0 Å². The van der Waals surface area contributed by atoms with E-state index in [4.69, 9.17) is 0 Å². The van der Waals surface area contributed by atoms with Crippen molar-refractivity contribution in [1.29, 1.82) is 0 Å². The van der Waals surface area contributed by atoms with Gasteiger partial charge < -0.3 is 5.32 Å². The van der Waals surface area contributed by atoms with E-state index in [1.54, 1.807) is 24.1 Å². The number of aromatic amines is 1.